The lowest BCUT2D eigenvalue weighted by Crippen LogP contribution is -2.44. The lowest BCUT2D eigenvalue weighted by Gasteiger charge is -2.34. The number of piperidine rings is 1. The summed E-state index contributed by atoms with van der Waals surface area (Å²) in [5.74, 6) is 0.287. The largest absolute Gasteiger partial charge is 0.339 e. The fourth-order valence-electron chi connectivity index (χ4n) is 3.30. The highest BCUT2D eigenvalue weighted by molar-refractivity contribution is 9.10. The molecule has 0 aliphatic carbocycles. The summed E-state index contributed by atoms with van der Waals surface area (Å²) < 4.78 is 0.962. The van der Waals surface area contributed by atoms with Gasteiger partial charge < -0.3 is 9.80 Å². The van der Waals surface area contributed by atoms with Gasteiger partial charge in [-0.3, -0.25) is 9.59 Å². The smallest absolute Gasteiger partial charge is 0.253 e. The summed E-state index contributed by atoms with van der Waals surface area (Å²) in [6, 6.07) is 11.5. The van der Waals surface area contributed by atoms with Crippen LogP contribution < -0.4 is 0 Å². The Labute approximate surface area is 166 Å². The van der Waals surface area contributed by atoms with Crippen molar-refractivity contribution in [2.45, 2.75) is 26.3 Å². The molecule has 1 aliphatic heterocycles. The molecule has 138 valence electrons. The molecule has 0 spiro atoms. The fraction of sp³-hybridized carbons (Fsp3) is 0.400. The van der Waals surface area contributed by atoms with Crippen LogP contribution in [0.3, 0.4) is 0 Å². The normalized spacial score (nSPS) is 15.1. The second kappa shape index (κ2) is 8.82. The van der Waals surface area contributed by atoms with Crippen molar-refractivity contribution in [3.63, 3.8) is 0 Å². The van der Waals surface area contributed by atoms with Crippen molar-refractivity contribution in [2.75, 3.05) is 19.6 Å². The van der Waals surface area contributed by atoms with Gasteiger partial charge in [-0.25, -0.2) is 0 Å². The summed E-state index contributed by atoms with van der Waals surface area (Å²) in [6.45, 7) is 4.71. The maximum Gasteiger partial charge on any atom is 0.253 e. The average molecular weight is 435 g/mol. The molecular weight excluding hydrogens is 412 g/mol. The van der Waals surface area contributed by atoms with E-state index in [2.05, 4.69) is 22.0 Å². The van der Waals surface area contributed by atoms with Gasteiger partial charge in [0, 0.05) is 40.5 Å². The van der Waals surface area contributed by atoms with Crippen LogP contribution in [0.1, 0.15) is 35.0 Å². The summed E-state index contributed by atoms with van der Waals surface area (Å²) in [6.07, 6.45) is 1.48. The first-order valence-electron chi connectivity index (χ1n) is 8.94. The number of carbonyl (C=O) groups excluding carboxylic acids is 2. The van der Waals surface area contributed by atoms with Gasteiger partial charge >= 0.3 is 0 Å². The Morgan fingerprint density at radius 2 is 1.88 bits per heavy atom. The number of likely N-dealkylation sites (tertiary alicyclic amines) is 1. The Bertz CT molecular complexity index is 738. The number of nitrogens with zero attached hydrogens (tertiary/aromatic N) is 2. The zero-order valence-corrected chi connectivity index (χ0v) is 17.3. The predicted octanol–water partition coefficient (Wildman–Crippen LogP) is 4.41. The van der Waals surface area contributed by atoms with Crippen LogP contribution >= 0.6 is 27.3 Å². The monoisotopic (exact) mass is 434 g/mol. The molecule has 6 heteroatoms. The van der Waals surface area contributed by atoms with Gasteiger partial charge in [0.2, 0.25) is 5.91 Å². The van der Waals surface area contributed by atoms with Crippen LogP contribution in [0.2, 0.25) is 0 Å². The topological polar surface area (TPSA) is 40.6 Å². The van der Waals surface area contributed by atoms with Crippen LogP contribution in [-0.2, 0) is 11.3 Å². The molecule has 2 heterocycles. The molecule has 0 radical (unpaired) electrons. The summed E-state index contributed by atoms with van der Waals surface area (Å²) >= 11 is 5.07. The number of benzene rings is 1. The van der Waals surface area contributed by atoms with Crippen molar-refractivity contribution in [1.82, 2.24) is 9.80 Å². The fourth-order valence-corrected chi connectivity index (χ4v) is 4.28. The summed E-state index contributed by atoms with van der Waals surface area (Å²) in [5, 5.41) is 2.04. The van der Waals surface area contributed by atoms with Crippen LogP contribution in [0.15, 0.2) is 46.3 Å². The second-order valence-corrected chi connectivity index (χ2v) is 8.45. The van der Waals surface area contributed by atoms with Crippen molar-refractivity contribution in [3.8, 4) is 0 Å². The molecule has 1 saturated heterocycles. The van der Waals surface area contributed by atoms with Crippen LogP contribution in [-0.4, -0.2) is 41.2 Å². The number of halogens is 1. The van der Waals surface area contributed by atoms with Gasteiger partial charge in [0.25, 0.3) is 5.91 Å². The first kappa shape index (κ1) is 19.1. The van der Waals surface area contributed by atoms with Crippen molar-refractivity contribution in [2.24, 2.45) is 5.92 Å². The van der Waals surface area contributed by atoms with Gasteiger partial charge in [-0.15, -0.1) is 11.3 Å². The summed E-state index contributed by atoms with van der Waals surface area (Å²) in [4.78, 5) is 30.5. The number of hydrogen-bond donors (Lipinski definition) is 0. The highest BCUT2D eigenvalue weighted by Gasteiger charge is 2.30. The van der Waals surface area contributed by atoms with Crippen molar-refractivity contribution < 1.29 is 9.59 Å². The number of thiophene rings is 1. The number of rotatable bonds is 5. The summed E-state index contributed by atoms with van der Waals surface area (Å²) in [7, 11) is 0. The molecule has 0 N–H and O–H groups in total. The third-order valence-electron chi connectivity index (χ3n) is 4.84. The second-order valence-electron chi connectivity index (χ2n) is 6.51. The third kappa shape index (κ3) is 4.54. The Kier molecular flexibility index (Phi) is 6.48. The molecule has 2 amide bonds. The molecule has 4 nitrogen and oxygen atoms in total. The zero-order valence-electron chi connectivity index (χ0n) is 14.9. The van der Waals surface area contributed by atoms with Crippen LogP contribution in [0, 0.1) is 5.92 Å². The molecule has 0 unspecified atom stereocenters. The van der Waals surface area contributed by atoms with Gasteiger partial charge in [0.1, 0.15) is 0 Å². The van der Waals surface area contributed by atoms with Gasteiger partial charge in [-0.1, -0.05) is 22.0 Å². The molecule has 0 bridgehead atoms. The third-order valence-corrected chi connectivity index (χ3v) is 6.23. The predicted molar refractivity (Wildman–Crippen MR) is 108 cm³/mol. The van der Waals surface area contributed by atoms with Crippen LogP contribution in [0.5, 0.6) is 0 Å². The molecule has 1 aromatic heterocycles. The Balaban J connectivity index is 1.56. The minimum Gasteiger partial charge on any atom is -0.339 e. The molecule has 2 aromatic rings. The van der Waals surface area contributed by atoms with E-state index < -0.39 is 0 Å². The number of amides is 2. The lowest BCUT2D eigenvalue weighted by molar-refractivity contribution is -0.137. The maximum absolute atomic E-state index is 12.9. The standard InChI is InChI=1S/C20H23BrN2O2S/c1-2-22(14-18-4-3-13-26-18)19(24)16-9-11-23(12-10-16)20(25)15-5-7-17(21)8-6-15/h3-8,13,16H,2,9-12,14H2,1H3. The number of carbonyl (C=O) groups is 2. The molecule has 1 aliphatic rings. The van der Waals surface area contributed by atoms with E-state index in [1.807, 2.05) is 52.4 Å². The van der Waals surface area contributed by atoms with E-state index in [9.17, 15) is 9.59 Å². The van der Waals surface area contributed by atoms with E-state index >= 15 is 0 Å². The zero-order chi connectivity index (χ0) is 18.5. The van der Waals surface area contributed by atoms with E-state index in [4.69, 9.17) is 0 Å². The minimum absolute atomic E-state index is 0.0175. The molecule has 1 aromatic carbocycles. The molecular formula is C20H23BrN2O2S. The molecule has 0 atom stereocenters. The molecule has 26 heavy (non-hydrogen) atoms. The highest BCUT2D eigenvalue weighted by Crippen LogP contribution is 2.23. The molecule has 0 saturated carbocycles. The first-order valence-corrected chi connectivity index (χ1v) is 10.6. The van der Waals surface area contributed by atoms with Gasteiger partial charge in [-0.2, -0.15) is 0 Å². The quantitative estimate of drug-likeness (QED) is 0.698. The van der Waals surface area contributed by atoms with Gasteiger partial charge in [0.05, 0.1) is 6.54 Å². The molecule has 3 rings (SSSR count). The first-order chi connectivity index (χ1) is 12.6. The SMILES string of the molecule is CCN(Cc1cccs1)C(=O)C1CCN(C(=O)c2ccc(Br)cc2)CC1. The maximum atomic E-state index is 12.9. The van der Waals surface area contributed by atoms with E-state index in [1.54, 1.807) is 11.3 Å². The van der Waals surface area contributed by atoms with Crippen molar-refractivity contribution >= 4 is 39.1 Å². The van der Waals surface area contributed by atoms with Gasteiger partial charge in [0.15, 0.2) is 0 Å². The van der Waals surface area contributed by atoms with Crippen molar-refractivity contribution in [3.05, 3.63) is 56.7 Å². The Morgan fingerprint density at radius 3 is 2.46 bits per heavy atom. The average Bonchev–Trinajstić information content (AvgIpc) is 3.19. The Morgan fingerprint density at radius 1 is 1.19 bits per heavy atom. The summed E-state index contributed by atoms with van der Waals surface area (Å²) in [5.41, 5.74) is 0.700. The van der Waals surface area contributed by atoms with Crippen molar-refractivity contribution in [1.29, 1.82) is 0 Å². The van der Waals surface area contributed by atoms with E-state index in [-0.39, 0.29) is 17.7 Å². The Hall–Kier alpha value is -1.66. The minimum atomic E-state index is 0.0175. The lowest BCUT2D eigenvalue weighted by atomic mass is 9.94. The highest BCUT2D eigenvalue weighted by atomic mass is 79.9. The molecule has 1 fully saturated rings. The van der Waals surface area contributed by atoms with E-state index in [1.165, 1.54) is 4.88 Å². The van der Waals surface area contributed by atoms with Gasteiger partial charge in [-0.05, 0) is 55.5 Å². The van der Waals surface area contributed by atoms with Crippen LogP contribution in [0.4, 0.5) is 0 Å². The van der Waals surface area contributed by atoms with E-state index in [0.29, 0.717) is 25.2 Å². The van der Waals surface area contributed by atoms with Crippen LogP contribution in [0.25, 0.3) is 0 Å². The number of hydrogen-bond acceptors (Lipinski definition) is 3. The van der Waals surface area contributed by atoms with E-state index in [0.717, 1.165) is 23.9 Å².